The van der Waals surface area contributed by atoms with Crippen LogP contribution in [-0.4, -0.2) is 48.6 Å². The number of carboxylic acids is 2. The number of phenols is 2. The molecule has 0 spiro atoms. The van der Waals surface area contributed by atoms with E-state index in [-0.39, 0.29) is 70.6 Å². The molecule has 8 aromatic carbocycles. The summed E-state index contributed by atoms with van der Waals surface area (Å²) < 4.78 is 36.0. The van der Waals surface area contributed by atoms with Crippen molar-refractivity contribution in [3.63, 3.8) is 0 Å². The van der Waals surface area contributed by atoms with Gasteiger partial charge in [0.25, 0.3) is 0 Å². The zero-order valence-electron chi connectivity index (χ0n) is 44.8. The number of carbonyl (C=O) groups excluding carboxylic acids is 2. The molecule has 2 unspecified atom stereocenters. The van der Waals surface area contributed by atoms with Crippen LogP contribution in [0, 0.1) is 0 Å². The van der Waals surface area contributed by atoms with Crippen molar-refractivity contribution in [3.05, 3.63) is 180 Å². The van der Waals surface area contributed by atoms with Crippen LogP contribution in [0.1, 0.15) is 74.6 Å². The van der Waals surface area contributed by atoms with Gasteiger partial charge < -0.3 is 57.8 Å². The Labute approximate surface area is 497 Å². The predicted octanol–water partition coefficient (Wildman–Crippen LogP) is 6.45. The summed E-state index contributed by atoms with van der Waals surface area (Å²) in [7, 11) is 0. The van der Waals surface area contributed by atoms with E-state index in [1.165, 1.54) is 0 Å². The fourth-order valence-electron chi connectivity index (χ4n) is 9.31. The van der Waals surface area contributed by atoms with E-state index in [1.54, 1.807) is 38.1 Å². The van der Waals surface area contributed by atoms with Gasteiger partial charge in [-0.2, -0.15) is 0 Å². The van der Waals surface area contributed by atoms with Gasteiger partial charge >= 0.3 is 59.1 Å². The minimum atomic E-state index is -1.18. The first kappa shape index (κ1) is 58.8. The summed E-state index contributed by atoms with van der Waals surface area (Å²) in [6.07, 6.45) is 2.64. The number of benzene rings is 8. The number of aliphatic carboxylic acids is 2. The smallest absolute Gasteiger partial charge is 0.550 e. The van der Waals surface area contributed by atoms with Gasteiger partial charge in [-0.3, -0.25) is 0 Å². The molecule has 10 rings (SSSR count). The van der Waals surface area contributed by atoms with Crippen molar-refractivity contribution < 1.29 is 117 Å². The molecule has 0 amide bonds. The maximum Gasteiger partial charge on any atom is 1.00 e. The van der Waals surface area contributed by atoms with Gasteiger partial charge in [-0.05, 0) is 83.6 Å². The van der Waals surface area contributed by atoms with Crippen molar-refractivity contribution in [2.45, 2.75) is 65.2 Å². The summed E-state index contributed by atoms with van der Waals surface area (Å²) >= 11 is 0. The SMILES string of the molecule is CCc1cc(-c2ccccc2)c(O)cc1OCCCOc1cc2c(cc1C(C)C(=O)[O-])oc1ccccc12.CCc1cc(-c2ccccc2)c(O)cc1OCCCOc1cc2c(cc1C(C)C(=O)[O-])oc1ccccc12.[Na+].[Na+]. The quantitative estimate of drug-likeness (QED) is 0.0629. The van der Waals surface area contributed by atoms with Crippen molar-refractivity contribution in [2.75, 3.05) is 26.4 Å². The number of furan rings is 2. The first-order valence-corrected chi connectivity index (χ1v) is 25.6. The molecule has 0 saturated heterocycles. The molecule has 0 aliphatic rings. The molecule has 0 aliphatic carbocycles. The van der Waals surface area contributed by atoms with E-state index in [9.17, 15) is 30.0 Å². The van der Waals surface area contributed by atoms with Crippen LogP contribution >= 0.6 is 0 Å². The molecule has 0 bridgehead atoms. The molecule has 0 saturated carbocycles. The molecule has 14 heteroatoms. The van der Waals surface area contributed by atoms with Crippen LogP contribution in [-0.2, 0) is 22.4 Å². The van der Waals surface area contributed by atoms with Gasteiger partial charge in [0.05, 0.1) is 26.4 Å². The van der Waals surface area contributed by atoms with Crippen molar-refractivity contribution in [1.29, 1.82) is 0 Å². The Balaban J connectivity index is 0.000000220. The minimum Gasteiger partial charge on any atom is -0.550 e. The molecule has 2 heterocycles. The second-order valence-electron chi connectivity index (χ2n) is 18.5. The molecule has 388 valence electrons. The second-order valence-corrected chi connectivity index (χ2v) is 18.5. The Morgan fingerprint density at radius 1 is 0.449 bits per heavy atom. The van der Waals surface area contributed by atoms with E-state index in [1.807, 2.05) is 147 Å². The van der Waals surface area contributed by atoms with Crippen LogP contribution < -0.4 is 88.3 Å². The summed E-state index contributed by atoms with van der Waals surface area (Å²) in [4.78, 5) is 23.3. The Morgan fingerprint density at radius 2 is 0.795 bits per heavy atom. The number of carbonyl (C=O) groups is 2. The van der Waals surface area contributed by atoms with Gasteiger partial charge in [0.15, 0.2) is 0 Å². The molecule has 0 aliphatic heterocycles. The largest absolute Gasteiger partial charge is 1.00 e. The summed E-state index contributed by atoms with van der Waals surface area (Å²) in [5, 5.41) is 48.2. The van der Waals surface area contributed by atoms with Crippen LogP contribution in [0.2, 0.25) is 0 Å². The average Bonchev–Trinajstić information content (AvgIpc) is 4.01. The topological polar surface area (TPSA) is 184 Å². The molecular formula is C64H58Na2O12. The number of carboxylic acid groups (broad SMARTS) is 2. The maximum absolute atomic E-state index is 11.7. The first-order valence-electron chi connectivity index (χ1n) is 25.6. The Morgan fingerprint density at radius 3 is 1.15 bits per heavy atom. The Bertz CT molecular complexity index is 3420. The number of phenolic OH excluding ortho intramolecular Hbond substituents is 2. The average molecular weight is 1070 g/mol. The third-order valence-corrected chi connectivity index (χ3v) is 13.6. The monoisotopic (exact) mass is 1060 g/mol. The fraction of sp³-hybridized carbons (Fsp3) is 0.219. The molecule has 2 N–H and O–H groups in total. The molecule has 12 nitrogen and oxygen atoms in total. The Kier molecular flexibility index (Phi) is 20.4. The number of ether oxygens (including phenoxy) is 4. The number of hydrogen-bond acceptors (Lipinski definition) is 12. The van der Waals surface area contributed by atoms with E-state index in [4.69, 9.17) is 27.8 Å². The van der Waals surface area contributed by atoms with E-state index in [2.05, 4.69) is 0 Å². The van der Waals surface area contributed by atoms with Crippen LogP contribution in [0.3, 0.4) is 0 Å². The molecule has 0 radical (unpaired) electrons. The van der Waals surface area contributed by atoms with Crippen LogP contribution in [0.25, 0.3) is 66.1 Å². The number of rotatable bonds is 20. The van der Waals surface area contributed by atoms with E-state index in [0.29, 0.717) is 84.6 Å². The van der Waals surface area contributed by atoms with Crippen LogP contribution in [0.15, 0.2) is 167 Å². The number of aromatic hydroxyl groups is 2. The molecular weight excluding hydrogens is 1010 g/mol. The van der Waals surface area contributed by atoms with E-state index in [0.717, 1.165) is 78.9 Å². The van der Waals surface area contributed by atoms with Gasteiger partial charge in [0.1, 0.15) is 56.8 Å². The van der Waals surface area contributed by atoms with Crippen molar-refractivity contribution in [1.82, 2.24) is 0 Å². The van der Waals surface area contributed by atoms with Gasteiger partial charge in [0, 0.05) is 92.5 Å². The van der Waals surface area contributed by atoms with Crippen molar-refractivity contribution in [2.24, 2.45) is 0 Å². The number of aryl methyl sites for hydroxylation is 2. The third kappa shape index (κ3) is 13.3. The van der Waals surface area contributed by atoms with Gasteiger partial charge in [-0.25, -0.2) is 0 Å². The number of hydrogen-bond donors (Lipinski definition) is 2. The van der Waals surface area contributed by atoms with Crippen LogP contribution in [0.5, 0.6) is 34.5 Å². The van der Waals surface area contributed by atoms with Crippen molar-refractivity contribution in [3.8, 4) is 56.8 Å². The number of fused-ring (bicyclic) bond motifs is 6. The zero-order chi connectivity index (χ0) is 53.3. The molecule has 0 fully saturated rings. The summed E-state index contributed by atoms with van der Waals surface area (Å²) in [6.45, 7) is 8.64. The molecule has 2 atom stereocenters. The summed E-state index contributed by atoms with van der Waals surface area (Å²) in [6, 6.07) is 49.2. The fourth-order valence-corrected chi connectivity index (χ4v) is 9.31. The molecule has 10 aromatic rings. The van der Waals surface area contributed by atoms with Crippen LogP contribution in [0.4, 0.5) is 0 Å². The normalized spacial score (nSPS) is 11.7. The molecule has 78 heavy (non-hydrogen) atoms. The summed E-state index contributed by atoms with van der Waals surface area (Å²) in [5.74, 6) is -1.50. The van der Waals surface area contributed by atoms with E-state index < -0.39 is 23.8 Å². The number of para-hydroxylation sites is 2. The zero-order valence-corrected chi connectivity index (χ0v) is 48.8. The van der Waals surface area contributed by atoms with Crippen molar-refractivity contribution >= 4 is 55.8 Å². The predicted molar refractivity (Wildman–Crippen MR) is 291 cm³/mol. The minimum absolute atomic E-state index is 0. The van der Waals surface area contributed by atoms with Gasteiger partial charge in [0.2, 0.25) is 0 Å². The standard InChI is InChI=1S/2C32H30O6.2Na/c2*1-3-21-16-25(22-10-5-4-6-11-22)27(33)19-29(21)36-14-9-15-37-30-18-26-23-12-7-8-13-28(23)38-31(26)17-24(30)20(2)32(34)35;;/h2*4-8,10-13,16-20,33H,3,9,14-15H2,1-2H3,(H,34,35);;/q;;2*+1/p-2. The first-order chi connectivity index (χ1) is 36.9. The van der Waals surface area contributed by atoms with Gasteiger partial charge in [-0.15, -0.1) is 0 Å². The molecule has 2 aromatic heterocycles. The van der Waals surface area contributed by atoms with E-state index >= 15 is 0 Å². The Hall–Kier alpha value is -6.90. The van der Waals surface area contributed by atoms with Gasteiger partial charge in [-0.1, -0.05) is 125 Å². The summed E-state index contributed by atoms with van der Waals surface area (Å²) in [5.41, 5.74) is 9.14. The second kappa shape index (κ2) is 27.1. The third-order valence-electron chi connectivity index (χ3n) is 13.6. The maximum atomic E-state index is 11.7.